The largest absolute Gasteiger partial charge is 0.481 e. The third-order valence-electron chi connectivity index (χ3n) is 4.97. The number of carboxylic acids is 1. The van der Waals surface area contributed by atoms with Crippen molar-refractivity contribution in [2.24, 2.45) is 0 Å². The number of aliphatic carboxylic acids is 1. The summed E-state index contributed by atoms with van der Waals surface area (Å²) in [5.41, 5.74) is 5.41. The number of carbonyl (C=O) groups excluding carboxylic acids is 1. The molecule has 0 radical (unpaired) electrons. The number of nitrogens with zero attached hydrogens (tertiary/aromatic N) is 1. The van der Waals surface area contributed by atoms with Crippen LogP contribution >= 0.6 is 0 Å². The molecule has 0 unspecified atom stereocenters. The Morgan fingerprint density at radius 1 is 0.929 bits per heavy atom. The van der Waals surface area contributed by atoms with E-state index in [1.807, 2.05) is 48.5 Å². The molecular formula is C23H19NO4. The van der Waals surface area contributed by atoms with Gasteiger partial charge < -0.3 is 9.84 Å². The van der Waals surface area contributed by atoms with Gasteiger partial charge >= 0.3 is 12.1 Å². The zero-order valence-electron chi connectivity index (χ0n) is 15.3. The van der Waals surface area contributed by atoms with E-state index in [4.69, 9.17) is 9.84 Å². The molecule has 140 valence electrons. The molecule has 0 aromatic heterocycles. The smallest absolute Gasteiger partial charge is 0.414 e. The first-order valence-electron chi connectivity index (χ1n) is 8.96. The van der Waals surface area contributed by atoms with Gasteiger partial charge in [0.1, 0.15) is 0 Å². The van der Waals surface area contributed by atoms with Crippen LogP contribution in [-0.2, 0) is 16.0 Å². The SMILES string of the molecule is COC(=O)N(c1cccc(CC(=O)O)c1)C1c2ccccc2-c2ccccc21. The first-order chi connectivity index (χ1) is 13.6. The molecule has 0 heterocycles. The summed E-state index contributed by atoms with van der Waals surface area (Å²) in [4.78, 5) is 25.6. The molecule has 0 bridgehead atoms. The molecule has 0 fully saturated rings. The lowest BCUT2D eigenvalue weighted by atomic mass is 10.0. The van der Waals surface area contributed by atoms with E-state index in [9.17, 15) is 9.59 Å². The highest BCUT2D eigenvalue weighted by Crippen LogP contribution is 2.47. The van der Waals surface area contributed by atoms with Crippen molar-refractivity contribution in [2.75, 3.05) is 12.0 Å². The van der Waals surface area contributed by atoms with Gasteiger partial charge in [0.25, 0.3) is 0 Å². The number of rotatable bonds is 4. The van der Waals surface area contributed by atoms with Crippen molar-refractivity contribution in [3.05, 3.63) is 89.5 Å². The van der Waals surface area contributed by atoms with Gasteiger partial charge in [-0.2, -0.15) is 0 Å². The van der Waals surface area contributed by atoms with E-state index in [2.05, 4.69) is 0 Å². The van der Waals surface area contributed by atoms with Gasteiger partial charge in [-0.15, -0.1) is 0 Å². The van der Waals surface area contributed by atoms with Crippen LogP contribution in [0.1, 0.15) is 22.7 Å². The molecule has 1 N–H and O–H groups in total. The Morgan fingerprint density at radius 3 is 2.11 bits per heavy atom. The number of carbonyl (C=O) groups is 2. The van der Waals surface area contributed by atoms with E-state index in [-0.39, 0.29) is 12.5 Å². The predicted molar refractivity (Wildman–Crippen MR) is 106 cm³/mol. The summed E-state index contributed by atoms with van der Waals surface area (Å²) in [6.45, 7) is 0. The second-order valence-electron chi connectivity index (χ2n) is 6.66. The molecule has 28 heavy (non-hydrogen) atoms. The number of hydrogen-bond donors (Lipinski definition) is 1. The Hall–Kier alpha value is -3.60. The number of fused-ring (bicyclic) bond motifs is 3. The highest BCUT2D eigenvalue weighted by atomic mass is 16.5. The van der Waals surface area contributed by atoms with Crippen molar-refractivity contribution in [1.82, 2.24) is 0 Å². The Balaban J connectivity index is 1.88. The maximum absolute atomic E-state index is 12.8. The third-order valence-corrected chi connectivity index (χ3v) is 4.97. The predicted octanol–water partition coefficient (Wildman–Crippen LogP) is 4.66. The molecule has 1 aliphatic carbocycles. The standard InChI is InChI=1S/C23H19NO4/c1-28-23(27)24(16-8-6-7-15(13-16)14-21(25)26)22-19-11-4-2-9-17(19)18-10-3-5-12-20(18)22/h2-13,22H,14H2,1H3,(H,25,26). The molecule has 3 aromatic rings. The van der Waals surface area contributed by atoms with Crippen molar-refractivity contribution in [2.45, 2.75) is 12.5 Å². The van der Waals surface area contributed by atoms with Gasteiger partial charge in [-0.05, 0) is 39.9 Å². The molecule has 5 nitrogen and oxygen atoms in total. The Kier molecular flexibility index (Phi) is 4.57. The fourth-order valence-electron chi connectivity index (χ4n) is 3.86. The maximum atomic E-state index is 12.8. The minimum atomic E-state index is -0.918. The maximum Gasteiger partial charge on any atom is 0.414 e. The van der Waals surface area contributed by atoms with E-state index in [0.717, 1.165) is 22.3 Å². The van der Waals surface area contributed by atoms with Gasteiger partial charge in [-0.3, -0.25) is 9.69 Å². The van der Waals surface area contributed by atoms with Crippen LogP contribution in [-0.4, -0.2) is 24.3 Å². The summed E-state index contributed by atoms with van der Waals surface area (Å²) < 4.78 is 5.10. The van der Waals surface area contributed by atoms with E-state index in [0.29, 0.717) is 11.3 Å². The summed E-state index contributed by atoms with van der Waals surface area (Å²) in [5, 5.41) is 9.12. The third kappa shape index (κ3) is 3.01. The van der Waals surface area contributed by atoms with E-state index < -0.39 is 12.1 Å². The minimum Gasteiger partial charge on any atom is -0.481 e. The highest BCUT2D eigenvalue weighted by Gasteiger charge is 2.36. The number of methoxy groups -OCH3 is 1. The van der Waals surface area contributed by atoms with Crippen LogP contribution in [0.25, 0.3) is 11.1 Å². The normalized spacial score (nSPS) is 12.2. The quantitative estimate of drug-likeness (QED) is 0.722. The van der Waals surface area contributed by atoms with Crippen LogP contribution in [0.3, 0.4) is 0 Å². The van der Waals surface area contributed by atoms with Crippen LogP contribution < -0.4 is 4.90 Å². The molecule has 0 atom stereocenters. The summed E-state index contributed by atoms with van der Waals surface area (Å²) in [6, 6.07) is 22.7. The molecular weight excluding hydrogens is 354 g/mol. The van der Waals surface area contributed by atoms with Crippen LogP contribution in [0.4, 0.5) is 10.5 Å². The van der Waals surface area contributed by atoms with Gasteiger partial charge in [0.05, 0.1) is 19.6 Å². The van der Waals surface area contributed by atoms with Crippen molar-refractivity contribution in [3.8, 4) is 11.1 Å². The molecule has 3 aromatic carbocycles. The van der Waals surface area contributed by atoms with Gasteiger partial charge in [0.15, 0.2) is 0 Å². The van der Waals surface area contributed by atoms with Gasteiger partial charge in [-0.1, -0.05) is 60.7 Å². The first kappa shape index (κ1) is 17.8. The van der Waals surface area contributed by atoms with Crippen molar-refractivity contribution in [1.29, 1.82) is 0 Å². The molecule has 1 amide bonds. The second kappa shape index (κ2) is 7.19. The number of benzene rings is 3. The van der Waals surface area contributed by atoms with Gasteiger partial charge in [0, 0.05) is 5.69 Å². The molecule has 1 aliphatic rings. The molecule has 0 saturated heterocycles. The lowest BCUT2D eigenvalue weighted by Gasteiger charge is -2.29. The first-order valence-corrected chi connectivity index (χ1v) is 8.96. The summed E-state index contributed by atoms with van der Waals surface area (Å²) in [6.07, 6.45) is -0.607. The molecule has 0 aliphatic heterocycles. The molecule has 5 heteroatoms. The lowest BCUT2D eigenvalue weighted by Crippen LogP contribution is -2.34. The zero-order valence-corrected chi connectivity index (χ0v) is 15.3. The molecule has 4 rings (SSSR count). The second-order valence-corrected chi connectivity index (χ2v) is 6.66. The fourth-order valence-corrected chi connectivity index (χ4v) is 3.86. The highest BCUT2D eigenvalue weighted by molar-refractivity contribution is 5.93. The van der Waals surface area contributed by atoms with Crippen molar-refractivity contribution < 1.29 is 19.4 Å². The Morgan fingerprint density at radius 2 is 1.54 bits per heavy atom. The van der Waals surface area contributed by atoms with Crippen LogP contribution in [0.15, 0.2) is 72.8 Å². The van der Waals surface area contributed by atoms with Crippen LogP contribution in [0.5, 0.6) is 0 Å². The average molecular weight is 373 g/mol. The lowest BCUT2D eigenvalue weighted by molar-refractivity contribution is -0.136. The molecule has 0 spiro atoms. The minimum absolute atomic E-state index is 0.110. The van der Waals surface area contributed by atoms with E-state index >= 15 is 0 Å². The average Bonchev–Trinajstić information content (AvgIpc) is 3.03. The summed E-state index contributed by atoms with van der Waals surface area (Å²) in [7, 11) is 1.35. The number of hydrogen-bond acceptors (Lipinski definition) is 3. The molecule has 0 saturated carbocycles. The van der Waals surface area contributed by atoms with Crippen molar-refractivity contribution >= 4 is 17.7 Å². The van der Waals surface area contributed by atoms with E-state index in [1.54, 1.807) is 29.2 Å². The van der Waals surface area contributed by atoms with Crippen LogP contribution in [0, 0.1) is 0 Å². The number of carboxylic acid groups (broad SMARTS) is 1. The number of ether oxygens (including phenoxy) is 1. The Bertz CT molecular complexity index is 1010. The van der Waals surface area contributed by atoms with Crippen molar-refractivity contribution in [3.63, 3.8) is 0 Å². The Labute approximate surface area is 162 Å². The summed E-state index contributed by atoms with van der Waals surface area (Å²) >= 11 is 0. The van der Waals surface area contributed by atoms with E-state index in [1.165, 1.54) is 7.11 Å². The topological polar surface area (TPSA) is 66.8 Å². The fraction of sp³-hybridized carbons (Fsp3) is 0.130. The number of anilines is 1. The zero-order chi connectivity index (χ0) is 19.7. The summed E-state index contributed by atoms with van der Waals surface area (Å²) in [5.74, 6) is -0.918. The number of amides is 1. The van der Waals surface area contributed by atoms with Crippen LogP contribution in [0.2, 0.25) is 0 Å². The van der Waals surface area contributed by atoms with Gasteiger partial charge in [0.2, 0.25) is 0 Å². The van der Waals surface area contributed by atoms with Gasteiger partial charge in [-0.25, -0.2) is 4.79 Å². The monoisotopic (exact) mass is 373 g/mol.